The fraction of sp³-hybridized carbons (Fsp3) is 0.650. The Balaban J connectivity index is 1.53. The highest BCUT2D eigenvalue weighted by molar-refractivity contribution is 7.91. The van der Waals surface area contributed by atoms with Crippen molar-refractivity contribution in [3.63, 3.8) is 0 Å². The van der Waals surface area contributed by atoms with Crippen LogP contribution in [0.1, 0.15) is 31.2 Å². The second-order valence-electron chi connectivity index (χ2n) is 8.24. The largest absolute Gasteiger partial charge is 0.497 e. The highest BCUT2D eigenvalue weighted by Gasteiger charge is 2.59. The van der Waals surface area contributed by atoms with Gasteiger partial charge in [-0.05, 0) is 61.9 Å². The number of hydrogen-bond acceptors (Lipinski definition) is 5. The molecule has 3 aliphatic rings. The lowest BCUT2D eigenvalue weighted by Gasteiger charge is -2.31. The van der Waals surface area contributed by atoms with E-state index in [0.29, 0.717) is 13.0 Å². The van der Waals surface area contributed by atoms with Crippen LogP contribution in [0.15, 0.2) is 24.3 Å². The summed E-state index contributed by atoms with van der Waals surface area (Å²) in [4.78, 5) is 15.2. The van der Waals surface area contributed by atoms with E-state index in [1.807, 2.05) is 29.2 Å². The molecule has 0 bridgehead atoms. The Bertz CT molecular complexity index is 800. The topological polar surface area (TPSA) is 75.7 Å². The molecule has 3 fully saturated rings. The lowest BCUT2D eigenvalue weighted by atomic mass is 9.91. The zero-order chi connectivity index (χ0) is 19.1. The summed E-state index contributed by atoms with van der Waals surface area (Å²) in [5.74, 6) is 1.26. The van der Waals surface area contributed by atoms with Gasteiger partial charge in [-0.15, -0.1) is 0 Å². The first-order chi connectivity index (χ1) is 12.9. The first kappa shape index (κ1) is 18.7. The van der Waals surface area contributed by atoms with Crippen LogP contribution in [0.3, 0.4) is 0 Å². The second-order valence-corrected chi connectivity index (χ2v) is 10.5. The monoisotopic (exact) mass is 392 g/mol. The molecule has 6 nitrogen and oxygen atoms in total. The minimum absolute atomic E-state index is 0.0566. The number of ether oxygens (including phenoxy) is 1. The Labute approximate surface area is 161 Å². The van der Waals surface area contributed by atoms with Gasteiger partial charge in [0.25, 0.3) is 0 Å². The number of nitrogens with zero attached hydrogens (tertiary/aromatic N) is 1. The number of hydrogen-bond donors (Lipinski definition) is 1. The summed E-state index contributed by atoms with van der Waals surface area (Å²) >= 11 is 0. The maximum Gasteiger partial charge on any atom is 0.226 e. The van der Waals surface area contributed by atoms with Gasteiger partial charge in [0.15, 0.2) is 9.84 Å². The predicted octanol–water partition coefficient (Wildman–Crippen LogP) is 1.60. The number of methoxy groups -OCH3 is 1. The lowest BCUT2D eigenvalue weighted by molar-refractivity contribution is -0.136. The van der Waals surface area contributed by atoms with E-state index in [1.54, 1.807) is 7.11 Å². The molecule has 2 unspecified atom stereocenters. The molecule has 1 aromatic carbocycles. The van der Waals surface area contributed by atoms with Crippen LogP contribution in [0.2, 0.25) is 0 Å². The number of carbonyl (C=O) groups excluding carboxylic acids is 1. The van der Waals surface area contributed by atoms with Crippen molar-refractivity contribution in [1.29, 1.82) is 0 Å². The van der Waals surface area contributed by atoms with E-state index >= 15 is 0 Å². The number of carbonyl (C=O) groups is 1. The molecule has 1 aromatic rings. The summed E-state index contributed by atoms with van der Waals surface area (Å²) < 4.78 is 29.3. The van der Waals surface area contributed by atoms with Crippen LogP contribution in [-0.2, 0) is 21.2 Å². The Morgan fingerprint density at radius 1 is 1.26 bits per heavy atom. The number of benzene rings is 1. The van der Waals surface area contributed by atoms with Gasteiger partial charge in [-0.1, -0.05) is 12.1 Å². The van der Waals surface area contributed by atoms with E-state index in [9.17, 15) is 13.2 Å². The molecular weight excluding hydrogens is 364 g/mol. The van der Waals surface area contributed by atoms with Crippen LogP contribution in [0.4, 0.5) is 0 Å². The Hall–Kier alpha value is -1.60. The van der Waals surface area contributed by atoms with Gasteiger partial charge >= 0.3 is 0 Å². The molecule has 0 radical (unpaired) electrons. The van der Waals surface area contributed by atoms with Gasteiger partial charge in [-0.25, -0.2) is 8.42 Å². The number of piperidine rings is 1. The maximum absolute atomic E-state index is 13.4. The minimum Gasteiger partial charge on any atom is -0.497 e. The quantitative estimate of drug-likeness (QED) is 0.824. The molecule has 2 saturated heterocycles. The van der Waals surface area contributed by atoms with Crippen molar-refractivity contribution in [1.82, 2.24) is 10.2 Å². The van der Waals surface area contributed by atoms with E-state index in [1.165, 1.54) is 0 Å². The van der Waals surface area contributed by atoms with Crippen LogP contribution >= 0.6 is 0 Å². The fourth-order valence-electron chi connectivity index (χ4n) is 4.71. The molecule has 2 aliphatic heterocycles. The minimum atomic E-state index is -3.04. The molecule has 1 spiro atoms. The van der Waals surface area contributed by atoms with Gasteiger partial charge in [0.05, 0.1) is 18.6 Å². The van der Waals surface area contributed by atoms with Gasteiger partial charge in [-0.2, -0.15) is 0 Å². The maximum atomic E-state index is 13.4. The average Bonchev–Trinajstić information content (AvgIpc) is 3.23. The summed E-state index contributed by atoms with van der Waals surface area (Å²) in [5.41, 5.74) is 1.16. The van der Waals surface area contributed by atoms with Gasteiger partial charge in [0, 0.05) is 18.5 Å². The zero-order valence-electron chi connectivity index (χ0n) is 15.8. The Kier molecular flexibility index (Phi) is 4.93. The van der Waals surface area contributed by atoms with Crippen molar-refractivity contribution in [2.75, 3.05) is 31.7 Å². The Morgan fingerprint density at radius 3 is 2.56 bits per heavy atom. The highest BCUT2D eigenvalue weighted by atomic mass is 32.2. The van der Waals surface area contributed by atoms with Crippen LogP contribution in [0.25, 0.3) is 0 Å². The molecule has 27 heavy (non-hydrogen) atoms. The first-order valence-electron chi connectivity index (χ1n) is 9.77. The van der Waals surface area contributed by atoms with Gasteiger partial charge in [-0.3, -0.25) is 4.79 Å². The van der Waals surface area contributed by atoms with Gasteiger partial charge in [0.1, 0.15) is 5.75 Å². The molecule has 4 rings (SSSR count). The molecule has 1 aliphatic carbocycles. The van der Waals surface area contributed by atoms with E-state index in [-0.39, 0.29) is 34.8 Å². The van der Waals surface area contributed by atoms with Crippen LogP contribution in [0.5, 0.6) is 5.75 Å². The van der Waals surface area contributed by atoms with E-state index < -0.39 is 9.84 Å². The molecule has 7 heteroatoms. The van der Waals surface area contributed by atoms with E-state index in [4.69, 9.17) is 4.74 Å². The van der Waals surface area contributed by atoms with Gasteiger partial charge < -0.3 is 15.0 Å². The summed E-state index contributed by atoms with van der Waals surface area (Å²) in [5, 5.41) is 3.37. The first-order valence-corrected chi connectivity index (χ1v) is 11.6. The smallest absolute Gasteiger partial charge is 0.226 e. The van der Waals surface area contributed by atoms with E-state index in [2.05, 4.69) is 5.32 Å². The summed E-state index contributed by atoms with van der Waals surface area (Å²) in [7, 11) is -1.41. The third kappa shape index (κ3) is 3.85. The summed E-state index contributed by atoms with van der Waals surface area (Å²) in [6.07, 6.45) is 3.59. The van der Waals surface area contributed by atoms with Crippen molar-refractivity contribution in [2.45, 2.75) is 38.3 Å². The third-order valence-corrected chi connectivity index (χ3v) is 8.28. The number of rotatable bonds is 5. The van der Waals surface area contributed by atoms with Gasteiger partial charge in [0.2, 0.25) is 5.91 Å². The number of amides is 1. The summed E-state index contributed by atoms with van der Waals surface area (Å²) in [6, 6.07) is 7.47. The van der Waals surface area contributed by atoms with Crippen LogP contribution in [-0.4, -0.2) is 57.0 Å². The fourth-order valence-corrected chi connectivity index (χ4v) is 6.44. The SMILES string of the molecule is COc1ccc(CN(C(=O)C2CC23CCNCC3)C2CCS(=O)(=O)C2)cc1. The Morgan fingerprint density at radius 2 is 1.96 bits per heavy atom. The molecular formula is C20H28N2O4S. The molecule has 148 valence electrons. The number of sulfone groups is 1. The standard InChI is InChI=1S/C20H28N2O4S/c1-26-17-4-2-15(3-5-17)13-22(16-6-11-27(24,25)14-16)19(23)18-12-20(18)7-9-21-10-8-20/h2-5,16,18,21H,6-14H2,1H3. The predicted molar refractivity (Wildman–Crippen MR) is 103 cm³/mol. The van der Waals surface area contributed by atoms with Crippen molar-refractivity contribution < 1.29 is 17.9 Å². The average molecular weight is 393 g/mol. The molecule has 0 aromatic heterocycles. The van der Waals surface area contributed by atoms with Crippen molar-refractivity contribution in [2.24, 2.45) is 11.3 Å². The van der Waals surface area contributed by atoms with Crippen molar-refractivity contribution >= 4 is 15.7 Å². The zero-order valence-corrected chi connectivity index (χ0v) is 16.6. The van der Waals surface area contributed by atoms with Crippen LogP contribution < -0.4 is 10.1 Å². The number of nitrogens with one attached hydrogen (secondary N) is 1. The molecule has 2 atom stereocenters. The molecule has 1 amide bonds. The van der Waals surface area contributed by atoms with Crippen LogP contribution in [0, 0.1) is 11.3 Å². The second kappa shape index (κ2) is 7.09. The normalized spacial score (nSPS) is 28.0. The molecule has 2 heterocycles. The van der Waals surface area contributed by atoms with Crippen molar-refractivity contribution in [3.05, 3.63) is 29.8 Å². The van der Waals surface area contributed by atoms with E-state index in [0.717, 1.165) is 43.7 Å². The molecule has 1 saturated carbocycles. The van der Waals surface area contributed by atoms with Crippen molar-refractivity contribution in [3.8, 4) is 5.75 Å². The highest BCUT2D eigenvalue weighted by Crippen LogP contribution is 2.59. The summed E-state index contributed by atoms with van der Waals surface area (Å²) in [6.45, 7) is 2.41. The molecule has 1 N–H and O–H groups in total. The lowest BCUT2D eigenvalue weighted by Crippen LogP contribution is -2.43. The third-order valence-electron chi connectivity index (χ3n) is 6.53.